The number of aryl methyl sites for hydroxylation is 4. The summed E-state index contributed by atoms with van der Waals surface area (Å²) in [6, 6.07) is 19.0. The highest BCUT2D eigenvalue weighted by atomic mass is 32.2. The molecule has 2 amide bonds. The van der Waals surface area contributed by atoms with Gasteiger partial charge in [0.15, 0.2) is 11.8 Å². The van der Waals surface area contributed by atoms with Gasteiger partial charge in [-0.2, -0.15) is 0 Å². The van der Waals surface area contributed by atoms with Crippen LogP contribution < -0.4 is 15.4 Å². The lowest BCUT2D eigenvalue weighted by atomic mass is 10.1. The fourth-order valence-electron chi connectivity index (χ4n) is 3.40. The molecule has 0 bridgehead atoms. The van der Waals surface area contributed by atoms with E-state index in [-0.39, 0.29) is 18.4 Å². The number of carbonyl (C=O) groups excluding carboxylic acids is 2. The summed E-state index contributed by atoms with van der Waals surface area (Å²) in [4.78, 5) is 29.8. The van der Waals surface area contributed by atoms with Crippen molar-refractivity contribution in [2.45, 2.75) is 27.7 Å². The number of anilines is 1. The van der Waals surface area contributed by atoms with E-state index in [2.05, 4.69) is 15.6 Å². The van der Waals surface area contributed by atoms with Crippen LogP contribution in [0.5, 0.6) is 5.75 Å². The van der Waals surface area contributed by atoms with Crippen LogP contribution in [0.15, 0.2) is 70.6 Å². The van der Waals surface area contributed by atoms with E-state index in [1.165, 1.54) is 22.9 Å². The van der Waals surface area contributed by atoms with Crippen LogP contribution in [0.1, 0.15) is 27.8 Å². The summed E-state index contributed by atoms with van der Waals surface area (Å²) in [7, 11) is 0. The minimum atomic E-state index is -0.241. The molecule has 0 atom stereocenters. The summed E-state index contributed by atoms with van der Waals surface area (Å²) < 4.78 is 5.67. The molecule has 178 valence electrons. The van der Waals surface area contributed by atoms with Crippen LogP contribution in [-0.2, 0) is 9.59 Å². The third-order valence-corrected chi connectivity index (χ3v) is 6.60. The fraction of sp³-hybridized carbons (Fsp3) is 0.179. The molecule has 0 saturated carbocycles. The van der Waals surface area contributed by atoms with Gasteiger partial charge < -0.3 is 15.4 Å². The number of hydrogen-bond acceptors (Lipinski definition) is 5. The van der Waals surface area contributed by atoms with Crippen LogP contribution in [0.2, 0.25) is 0 Å². The van der Waals surface area contributed by atoms with Crippen molar-refractivity contribution in [3.05, 3.63) is 93.4 Å². The molecular formula is C28H27N3O3S. The van der Waals surface area contributed by atoms with E-state index in [1.807, 2.05) is 76.2 Å². The van der Waals surface area contributed by atoms with Crippen molar-refractivity contribution in [2.75, 3.05) is 11.9 Å². The number of thioether (sulfide) groups is 1. The topological polar surface area (TPSA) is 79.8 Å². The Hall–Kier alpha value is -3.84. The predicted octanol–water partition coefficient (Wildman–Crippen LogP) is 5.83. The number of nitrogens with one attached hydrogen (secondary N) is 2. The number of rotatable bonds is 6. The van der Waals surface area contributed by atoms with Crippen LogP contribution in [0, 0.1) is 27.7 Å². The third kappa shape index (κ3) is 6.39. The first kappa shape index (κ1) is 24.3. The molecule has 1 heterocycles. The maximum Gasteiger partial charge on any atom is 0.264 e. The number of nitrogens with zero attached hydrogens (tertiary/aromatic N) is 1. The molecule has 1 aliphatic rings. The van der Waals surface area contributed by atoms with Crippen LogP contribution in [-0.4, -0.2) is 23.6 Å². The lowest BCUT2D eigenvalue weighted by Crippen LogP contribution is -2.20. The van der Waals surface area contributed by atoms with Crippen LogP contribution in [0.4, 0.5) is 11.4 Å². The second-order valence-corrected chi connectivity index (χ2v) is 9.49. The van der Waals surface area contributed by atoms with Crippen molar-refractivity contribution in [3.8, 4) is 5.75 Å². The average molecular weight is 486 g/mol. The van der Waals surface area contributed by atoms with E-state index >= 15 is 0 Å². The number of ether oxygens (including phenoxy) is 1. The van der Waals surface area contributed by atoms with Gasteiger partial charge in [0.25, 0.3) is 11.8 Å². The van der Waals surface area contributed by atoms with Crippen molar-refractivity contribution in [1.82, 2.24) is 5.32 Å². The van der Waals surface area contributed by atoms with E-state index in [1.54, 1.807) is 18.2 Å². The average Bonchev–Trinajstić information content (AvgIpc) is 3.16. The number of benzene rings is 3. The smallest absolute Gasteiger partial charge is 0.264 e. The first-order valence-corrected chi connectivity index (χ1v) is 12.1. The SMILES string of the molecule is Cc1ccc(N=C2NC(=O)/C(=C/c3cccc(OCC(=O)Nc4ccc(C)c(C)c4)c3)S2)cc1C. The Balaban J connectivity index is 1.39. The largest absolute Gasteiger partial charge is 0.484 e. The van der Waals surface area contributed by atoms with Crippen LogP contribution in [0.25, 0.3) is 6.08 Å². The quantitative estimate of drug-likeness (QED) is 0.431. The summed E-state index contributed by atoms with van der Waals surface area (Å²) in [6.07, 6.45) is 1.78. The monoisotopic (exact) mass is 485 g/mol. The number of amides is 2. The Kier molecular flexibility index (Phi) is 7.36. The summed E-state index contributed by atoms with van der Waals surface area (Å²) >= 11 is 1.29. The second-order valence-electron chi connectivity index (χ2n) is 8.46. The number of hydrogen-bond donors (Lipinski definition) is 2. The number of carbonyl (C=O) groups is 2. The summed E-state index contributed by atoms with van der Waals surface area (Å²) in [5.74, 6) is 0.105. The van der Waals surface area contributed by atoms with Gasteiger partial charge in [-0.25, -0.2) is 4.99 Å². The predicted molar refractivity (Wildman–Crippen MR) is 143 cm³/mol. The minimum absolute atomic E-state index is 0.116. The van der Waals surface area contributed by atoms with Crippen LogP contribution in [0.3, 0.4) is 0 Å². The van der Waals surface area contributed by atoms with Gasteiger partial charge >= 0.3 is 0 Å². The highest BCUT2D eigenvalue weighted by Gasteiger charge is 2.23. The minimum Gasteiger partial charge on any atom is -0.484 e. The molecule has 6 nitrogen and oxygen atoms in total. The van der Waals surface area contributed by atoms with E-state index in [4.69, 9.17) is 4.74 Å². The first-order valence-electron chi connectivity index (χ1n) is 11.2. The number of aliphatic imine (C=N–C) groups is 1. The van der Waals surface area contributed by atoms with E-state index in [0.29, 0.717) is 15.8 Å². The zero-order chi connectivity index (χ0) is 24.9. The Labute approximate surface area is 209 Å². The summed E-state index contributed by atoms with van der Waals surface area (Å²) in [5, 5.41) is 6.20. The molecule has 0 unspecified atom stereocenters. The van der Waals surface area contributed by atoms with Gasteiger partial charge in [0.2, 0.25) is 0 Å². The van der Waals surface area contributed by atoms with Crippen molar-refractivity contribution in [1.29, 1.82) is 0 Å². The van der Waals surface area contributed by atoms with Gasteiger partial charge in [-0.05, 0) is 110 Å². The molecular weight excluding hydrogens is 458 g/mol. The number of amidine groups is 1. The van der Waals surface area contributed by atoms with Crippen molar-refractivity contribution < 1.29 is 14.3 Å². The lowest BCUT2D eigenvalue weighted by molar-refractivity contribution is -0.118. The van der Waals surface area contributed by atoms with Gasteiger partial charge in [-0.1, -0.05) is 24.3 Å². The summed E-state index contributed by atoms with van der Waals surface area (Å²) in [6.45, 7) is 8.00. The molecule has 2 N–H and O–H groups in total. The van der Waals surface area contributed by atoms with Gasteiger partial charge in [0.1, 0.15) is 5.75 Å². The zero-order valence-corrected chi connectivity index (χ0v) is 21.0. The zero-order valence-electron chi connectivity index (χ0n) is 20.1. The van der Waals surface area contributed by atoms with Gasteiger partial charge in [-0.15, -0.1) is 0 Å². The molecule has 7 heteroatoms. The molecule has 1 aliphatic heterocycles. The normalized spacial score (nSPS) is 15.4. The highest BCUT2D eigenvalue weighted by Crippen LogP contribution is 2.29. The highest BCUT2D eigenvalue weighted by molar-refractivity contribution is 8.18. The first-order chi connectivity index (χ1) is 16.8. The van der Waals surface area contributed by atoms with Crippen LogP contribution >= 0.6 is 11.8 Å². The molecule has 4 rings (SSSR count). The molecule has 35 heavy (non-hydrogen) atoms. The Morgan fingerprint density at radius 3 is 2.46 bits per heavy atom. The Morgan fingerprint density at radius 2 is 1.71 bits per heavy atom. The Morgan fingerprint density at radius 1 is 0.971 bits per heavy atom. The van der Waals surface area contributed by atoms with E-state index in [0.717, 1.165) is 28.1 Å². The molecule has 3 aromatic carbocycles. The van der Waals surface area contributed by atoms with Crippen molar-refractivity contribution in [3.63, 3.8) is 0 Å². The maximum absolute atomic E-state index is 12.5. The molecule has 0 radical (unpaired) electrons. The van der Waals surface area contributed by atoms with Gasteiger partial charge in [0, 0.05) is 5.69 Å². The van der Waals surface area contributed by atoms with Crippen molar-refractivity contribution >= 4 is 46.2 Å². The maximum atomic E-state index is 12.5. The molecule has 1 saturated heterocycles. The molecule has 0 aliphatic carbocycles. The Bertz CT molecular complexity index is 1360. The third-order valence-electron chi connectivity index (χ3n) is 5.69. The van der Waals surface area contributed by atoms with E-state index < -0.39 is 0 Å². The van der Waals surface area contributed by atoms with Gasteiger partial charge in [0.05, 0.1) is 10.6 Å². The molecule has 0 spiro atoms. The molecule has 1 fully saturated rings. The second kappa shape index (κ2) is 10.6. The molecule has 3 aromatic rings. The standard InChI is InChI=1S/C28H27N3O3S/c1-17-8-10-22(12-19(17)3)29-26(32)16-34-24-7-5-6-21(14-24)15-25-27(33)31-28(35-25)30-23-11-9-18(2)20(4)13-23/h5-15H,16H2,1-4H3,(H,29,32)(H,30,31,33)/b25-15-. The van der Waals surface area contributed by atoms with Gasteiger partial charge in [-0.3, -0.25) is 9.59 Å². The summed E-state index contributed by atoms with van der Waals surface area (Å²) in [5.41, 5.74) is 6.96. The van der Waals surface area contributed by atoms with E-state index in [9.17, 15) is 9.59 Å². The van der Waals surface area contributed by atoms with Crippen molar-refractivity contribution in [2.24, 2.45) is 4.99 Å². The fourth-order valence-corrected chi connectivity index (χ4v) is 4.25. The molecule has 0 aromatic heterocycles. The lowest BCUT2D eigenvalue weighted by Gasteiger charge is -2.09.